The van der Waals surface area contributed by atoms with Crippen molar-refractivity contribution in [2.45, 2.75) is 50.7 Å². The average Bonchev–Trinajstić information content (AvgIpc) is 3.25. The van der Waals surface area contributed by atoms with Crippen LogP contribution in [0.5, 0.6) is 0 Å². The van der Waals surface area contributed by atoms with Crippen LogP contribution in [-0.2, 0) is 0 Å². The van der Waals surface area contributed by atoms with Crippen molar-refractivity contribution in [3.05, 3.63) is 35.9 Å². The monoisotopic (exact) mass is 258 g/mol. The molecule has 0 radical (unpaired) electrons. The van der Waals surface area contributed by atoms with Gasteiger partial charge in [-0.1, -0.05) is 30.3 Å². The summed E-state index contributed by atoms with van der Waals surface area (Å²) in [6, 6.07) is 13.0. The Morgan fingerprint density at radius 1 is 1.16 bits per heavy atom. The number of hydrogen-bond acceptors (Lipinski definition) is 2. The van der Waals surface area contributed by atoms with Gasteiger partial charge in [-0.25, -0.2) is 0 Å². The van der Waals surface area contributed by atoms with E-state index in [2.05, 4.69) is 54.5 Å². The molecule has 2 heteroatoms. The molecule has 0 bridgehead atoms. The van der Waals surface area contributed by atoms with Gasteiger partial charge >= 0.3 is 0 Å². The number of rotatable bonds is 4. The van der Waals surface area contributed by atoms with Crippen molar-refractivity contribution in [1.29, 1.82) is 0 Å². The number of benzene rings is 1. The maximum atomic E-state index is 3.96. The molecule has 2 nitrogen and oxygen atoms in total. The minimum Gasteiger partial charge on any atom is -0.307 e. The van der Waals surface area contributed by atoms with Gasteiger partial charge in [0.2, 0.25) is 0 Å². The van der Waals surface area contributed by atoms with Crippen molar-refractivity contribution in [2.24, 2.45) is 5.92 Å². The van der Waals surface area contributed by atoms with Gasteiger partial charge in [0.05, 0.1) is 0 Å². The molecule has 2 fully saturated rings. The van der Waals surface area contributed by atoms with E-state index in [-0.39, 0.29) is 0 Å². The third-order valence-corrected chi connectivity index (χ3v) is 4.88. The summed E-state index contributed by atoms with van der Waals surface area (Å²) in [5, 5.41) is 3.96. The molecule has 0 spiro atoms. The van der Waals surface area contributed by atoms with Gasteiger partial charge in [0.25, 0.3) is 0 Å². The lowest BCUT2D eigenvalue weighted by Gasteiger charge is -2.37. The third-order valence-electron chi connectivity index (χ3n) is 4.88. The van der Waals surface area contributed by atoms with Gasteiger partial charge in [0, 0.05) is 18.1 Å². The standard InChI is InChI=1S/C17H26N2/c1-13-12-16(10-11-19(13)2)18-17(15-8-9-15)14-6-4-3-5-7-14/h3-7,13,15-18H,8-12H2,1-2H3. The summed E-state index contributed by atoms with van der Waals surface area (Å²) < 4.78 is 0. The number of piperidine rings is 1. The zero-order valence-corrected chi connectivity index (χ0v) is 12.2. The van der Waals surface area contributed by atoms with E-state index in [4.69, 9.17) is 0 Å². The minimum absolute atomic E-state index is 0.585. The van der Waals surface area contributed by atoms with Crippen LogP contribution in [-0.4, -0.2) is 30.6 Å². The maximum absolute atomic E-state index is 3.96. The summed E-state index contributed by atoms with van der Waals surface area (Å²) in [4.78, 5) is 2.48. The SMILES string of the molecule is CC1CC(NC(c2ccccc2)C2CC2)CCN1C. The van der Waals surface area contributed by atoms with E-state index in [0.717, 1.165) is 5.92 Å². The van der Waals surface area contributed by atoms with Gasteiger partial charge < -0.3 is 10.2 Å². The molecular weight excluding hydrogens is 232 g/mol. The lowest BCUT2D eigenvalue weighted by atomic mass is 9.95. The molecule has 0 amide bonds. The van der Waals surface area contributed by atoms with E-state index in [0.29, 0.717) is 18.1 Å². The number of likely N-dealkylation sites (tertiary alicyclic amines) is 1. The van der Waals surface area contributed by atoms with Gasteiger partial charge in [0.1, 0.15) is 0 Å². The van der Waals surface area contributed by atoms with Crippen LogP contribution in [0.2, 0.25) is 0 Å². The second-order valence-electron chi connectivity index (χ2n) is 6.44. The first-order valence-electron chi connectivity index (χ1n) is 7.75. The zero-order valence-electron chi connectivity index (χ0n) is 12.2. The Bertz CT molecular complexity index is 399. The zero-order chi connectivity index (χ0) is 13.2. The first-order chi connectivity index (χ1) is 9.24. The molecule has 1 aliphatic heterocycles. The summed E-state index contributed by atoms with van der Waals surface area (Å²) in [7, 11) is 2.25. The molecule has 1 saturated heterocycles. The van der Waals surface area contributed by atoms with E-state index in [1.54, 1.807) is 0 Å². The average molecular weight is 258 g/mol. The largest absolute Gasteiger partial charge is 0.307 e. The quantitative estimate of drug-likeness (QED) is 0.892. The topological polar surface area (TPSA) is 15.3 Å². The summed E-state index contributed by atoms with van der Waals surface area (Å²) in [5.41, 5.74) is 1.48. The van der Waals surface area contributed by atoms with E-state index in [1.807, 2.05) is 0 Å². The highest BCUT2D eigenvalue weighted by atomic mass is 15.1. The summed E-state index contributed by atoms with van der Waals surface area (Å²) in [6.07, 6.45) is 5.37. The van der Waals surface area contributed by atoms with E-state index < -0.39 is 0 Å². The summed E-state index contributed by atoms with van der Waals surface area (Å²) >= 11 is 0. The molecule has 2 aliphatic rings. The van der Waals surface area contributed by atoms with Crippen molar-refractivity contribution in [2.75, 3.05) is 13.6 Å². The van der Waals surface area contributed by atoms with Crippen molar-refractivity contribution in [3.63, 3.8) is 0 Å². The summed E-state index contributed by atoms with van der Waals surface area (Å²) in [5.74, 6) is 0.873. The molecule has 104 valence electrons. The van der Waals surface area contributed by atoms with Crippen molar-refractivity contribution in [1.82, 2.24) is 10.2 Å². The van der Waals surface area contributed by atoms with Gasteiger partial charge in [-0.2, -0.15) is 0 Å². The second-order valence-corrected chi connectivity index (χ2v) is 6.44. The fourth-order valence-electron chi connectivity index (χ4n) is 3.29. The second kappa shape index (κ2) is 5.64. The molecule has 1 N–H and O–H groups in total. The first-order valence-corrected chi connectivity index (χ1v) is 7.75. The molecule has 0 aromatic heterocycles. The van der Waals surface area contributed by atoms with Crippen LogP contribution in [0.15, 0.2) is 30.3 Å². The Kier molecular flexibility index (Phi) is 3.90. The predicted octanol–water partition coefficient (Wildman–Crippen LogP) is 3.21. The van der Waals surface area contributed by atoms with Crippen LogP contribution >= 0.6 is 0 Å². The molecule has 3 rings (SSSR count). The predicted molar refractivity (Wildman–Crippen MR) is 80.2 cm³/mol. The van der Waals surface area contributed by atoms with Crippen LogP contribution < -0.4 is 5.32 Å². The third kappa shape index (κ3) is 3.18. The lowest BCUT2D eigenvalue weighted by molar-refractivity contribution is 0.160. The van der Waals surface area contributed by atoms with Gasteiger partial charge in [-0.3, -0.25) is 0 Å². The van der Waals surface area contributed by atoms with Crippen LogP contribution in [0.3, 0.4) is 0 Å². The number of nitrogens with one attached hydrogen (secondary N) is 1. The molecular formula is C17H26N2. The van der Waals surface area contributed by atoms with Crippen molar-refractivity contribution < 1.29 is 0 Å². The first kappa shape index (κ1) is 13.1. The normalized spacial score (nSPS) is 30.2. The Balaban J connectivity index is 1.66. The molecule has 1 aliphatic carbocycles. The van der Waals surface area contributed by atoms with Crippen molar-refractivity contribution >= 4 is 0 Å². The number of nitrogens with zero attached hydrogens (tertiary/aromatic N) is 1. The minimum atomic E-state index is 0.585. The maximum Gasteiger partial charge on any atom is 0.0351 e. The Hall–Kier alpha value is -0.860. The Labute approximate surface area is 117 Å². The Morgan fingerprint density at radius 2 is 1.89 bits per heavy atom. The lowest BCUT2D eigenvalue weighted by Crippen LogP contribution is -2.46. The Morgan fingerprint density at radius 3 is 2.53 bits per heavy atom. The smallest absolute Gasteiger partial charge is 0.0351 e. The van der Waals surface area contributed by atoms with Crippen LogP contribution in [0, 0.1) is 5.92 Å². The molecule has 19 heavy (non-hydrogen) atoms. The van der Waals surface area contributed by atoms with E-state index in [1.165, 1.54) is 37.8 Å². The van der Waals surface area contributed by atoms with Gasteiger partial charge in [-0.15, -0.1) is 0 Å². The fourth-order valence-corrected chi connectivity index (χ4v) is 3.29. The van der Waals surface area contributed by atoms with E-state index >= 15 is 0 Å². The molecule has 1 saturated carbocycles. The molecule has 1 aromatic rings. The fraction of sp³-hybridized carbons (Fsp3) is 0.647. The number of hydrogen-bond donors (Lipinski definition) is 1. The van der Waals surface area contributed by atoms with Crippen LogP contribution in [0.25, 0.3) is 0 Å². The molecule has 1 aromatic carbocycles. The van der Waals surface area contributed by atoms with Crippen molar-refractivity contribution in [3.8, 4) is 0 Å². The van der Waals surface area contributed by atoms with Gasteiger partial charge in [0.15, 0.2) is 0 Å². The van der Waals surface area contributed by atoms with Crippen LogP contribution in [0.1, 0.15) is 44.2 Å². The molecule has 3 unspecified atom stereocenters. The molecule has 1 heterocycles. The van der Waals surface area contributed by atoms with E-state index in [9.17, 15) is 0 Å². The van der Waals surface area contributed by atoms with Gasteiger partial charge in [-0.05, 0) is 57.7 Å². The molecule has 3 atom stereocenters. The highest BCUT2D eigenvalue weighted by molar-refractivity contribution is 5.21. The van der Waals surface area contributed by atoms with Crippen LogP contribution in [0.4, 0.5) is 0 Å². The highest BCUT2D eigenvalue weighted by Crippen LogP contribution is 2.41. The summed E-state index contributed by atoms with van der Waals surface area (Å²) in [6.45, 7) is 3.58. The highest BCUT2D eigenvalue weighted by Gasteiger charge is 2.34.